The highest BCUT2D eigenvalue weighted by Crippen LogP contribution is 2.36. The Morgan fingerprint density at radius 1 is 0.679 bits per heavy atom. The van der Waals surface area contributed by atoms with E-state index in [1.54, 1.807) is 17.3 Å². The van der Waals surface area contributed by atoms with Gasteiger partial charge in [0.05, 0.1) is 18.4 Å². The summed E-state index contributed by atoms with van der Waals surface area (Å²) < 4.78 is 22.8. The van der Waals surface area contributed by atoms with Crippen molar-refractivity contribution in [2.75, 3.05) is 13.1 Å². The zero-order valence-corrected chi connectivity index (χ0v) is 30.4. The number of amides is 2. The lowest BCUT2D eigenvalue weighted by atomic mass is 10.2. The van der Waals surface area contributed by atoms with E-state index in [2.05, 4.69) is 20.0 Å². The number of aromatic nitrogens is 2. The van der Waals surface area contributed by atoms with Gasteiger partial charge in [-0.15, -0.1) is 0 Å². The molecule has 4 aromatic carbocycles. The van der Waals surface area contributed by atoms with Crippen LogP contribution in [0.1, 0.15) is 47.8 Å². The van der Waals surface area contributed by atoms with E-state index in [1.807, 2.05) is 121 Å². The molecule has 56 heavy (non-hydrogen) atoms. The topological polar surface area (TPSA) is 186 Å². The molecule has 0 bridgehead atoms. The Morgan fingerprint density at radius 3 is 1.57 bits per heavy atom. The van der Waals surface area contributed by atoms with Gasteiger partial charge in [-0.1, -0.05) is 126 Å². The van der Waals surface area contributed by atoms with Gasteiger partial charge in [-0.3, -0.25) is 9.80 Å². The highest BCUT2D eigenvalue weighted by Gasteiger charge is 2.40. The molecule has 14 nitrogen and oxygen atoms in total. The molecule has 0 aliphatic carbocycles. The lowest BCUT2D eigenvalue weighted by Gasteiger charge is -2.21. The Morgan fingerprint density at radius 2 is 1.11 bits per heavy atom. The highest BCUT2D eigenvalue weighted by atomic mass is 16.6. The summed E-state index contributed by atoms with van der Waals surface area (Å²) in [5, 5.41) is 3.78. The monoisotopic (exact) mass is 752 g/mol. The summed E-state index contributed by atoms with van der Waals surface area (Å²) in [4.78, 5) is 40.1. The predicted octanol–water partition coefficient (Wildman–Crippen LogP) is 8.86. The lowest BCUT2D eigenvalue weighted by Crippen LogP contribution is -2.33. The van der Waals surface area contributed by atoms with Crippen molar-refractivity contribution in [1.29, 1.82) is 0 Å². The van der Waals surface area contributed by atoms with E-state index < -0.39 is 18.2 Å². The van der Waals surface area contributed by atoms with Crippen LogP contribution in [-0.4, -0.2) is 57.1 Å². The number of rotatable bonds is 9. The van der Waals surface area contributed by atoms with E-state index in [0.717, 1.165) is 22.3 Å². The molecule has 8 rings (SSSR count). The van der Waals surface area contributed by atoms with E-state index in [0.29, 0.717) is 42.7 Å². The zero-order valence-electron chi connectivity index (χ0n) is 30.4. The standard InChI is InChI=1S/C21H19N5O3.C21H21N3O3/c22-25-24-17-11-18(20-23-12-19(29-20)16-9-5-2-6-10-16)26(13-17)21(27)28-14-15-7-3-1-4-8-15;22-17-11-18(20-23-12-19(27-20)16-9-5-2-6-10-16)24(13-17)21(25)26-14-15-7-3-1-4-8-15/h1-10,12,17-18H,11,13-14H2;1-10,12,17-18H,11,13-14,22H2/t2*17-,18-/m00/s1. The molecule has 6 aromatic rings. The maximum atomic E-state index is 12.7. The molecule has 0 saturated carbocycles. The van der Waals surface area contributed by atoms with Gasteiger partial charge in [0.25, 0.3) is 0 Å². The normalized spacial score (nSPS) is 18.7. The van der Waals surface area contributed by atoms with Crippen LogP contribution < -0.4 is 5.73 Å². The number of carbonyl (C=O) groups is 2. The summed E-state index contributed by atoms with van der Waals surface area (Å²) >= 11 is 0. The van der Waals surface area contributed by atoms with Crippen LogP contribution in [0.4, 0.5) is 9.59 Å². The number of oxazole rings is 2. The van der Waals surface area contributed by atoms with Gasteiger partial charge in [0.2, 0.25) is 11.8 Å². The summed E-state index contributed by atoms with van der Waals surface area (Å²) in [6.07, 6.45) is 3.44. The molecule has 14 heteroatoms. The molecule has 4 atom stereocenters. The lowest BCUT2D eigenvalue weighted by molar-refractivity contribution is 0.0871. The predicted molar refractivity (Wildman–Crippen MR) is 206 cm³/mol. The molecule has 284 valence electrons. The van der Waals surface area contributed by atoms with Crippen molar-refractivity contribution in [3.8, 4) is 22.6 Å². The molecule has 2 saturated heterocycles. The smallest absolute Gasteiger partial charge is 0.410 e. The van der Waals surface area contributed by atoms with Gasteiger partial charge in [0, 0.05) is 35.2 Å². The third-order valence-electron chi connectivity index (χ3n) is 9.44. The molecular formula is C42H40N8O6. The second-order valence-electron chi connectivity index (χ2n) is 13.4. The number of carbonyl (C=O) groups excluding carboxylic acids is 2. The molecule has 4 heterocycles. The molecule has 0 spiro atoms. The second-order valence-corrected chi connectivity index (χ2v) is 13.4. The van der Waals surface area contributed by atoms with Crippen LogP contribution in [0.15, 0.2) is 148 Å². The number of hydrogen-bond acceptors (Lipinski definition) is 10. The Bertz CT molecular complexity index is 2230. The minimum absolute atomic E-state index is 0.133. The zero-order chi connectivity index (χ0) is 38.7. The van der Waals surface area contributed by atoms with Gasteiger partial charge in [-0.2, -0.15) is 0 Å². The van der Waals surface area contributed by atoms with E-state index in [9.17, 15) is 9.59 Å². The number of benzene rings is 4. The molecule has 0 unspecified atom stereocenters. The first-order chi connectivity index (χ1) is 27.4. The molecular weight excluding hydrogens is 713 g/mol. The number of likely N-dealkylation sites (tertiary alicyclic amines) is 2. The van der Waals surface area contributed by atoms with Crippen LogP contribution in [0.25, 0.3) is 33.1 Å². The van der Waals surface area contributed by atoms with E-state index >= 15 is 0 Å². The van der Waals surface area contributed by atoms with Crippen molar-refractivity contribution in [2.45, 2.75) is 50.2 Å². The van der Waals surface area contributed by atoms with Gasteiger partial charge >= 0.3 is 12.2 Å². The van der Waals surface area contributed by atoms with Gasteiger partial charge in [0.15, 0.2) is 11.5 Å². The van der Waals surface area contributed by atoms with Gasteiger partial charge in [-0.05, 0) is 29.5 Å². The number of azide groups is 1. The molecule has 2 aromatic heterocycles. The Balaban J connectivity index is 0.000000172. The summed E-state index contributed by atoms with van der Waals surface area (Å²) in [6.45, 7) is 1.06. The van der Waals surface area contributed by atoms with Crippen LogP contribution in [0.5, 0.6) is 0 Å². The van der Waals surface area contributed by atoms with Crippen molar-refractivity contribution in [3.05, 3.63) is 167 Å². The van der Waals surface area contributed by atoms with Crippen LogP contribution in [0.3, 0.4) is 0 Å². The number of ether oxygens (including phenoxy) is 2. The van der Waals surface area contributed by atoms with Crippen molar-refractivity contribution < 1.29 is 27.9 Å². The average molecular weight is 753 g/mol. The third kappa shape index (κ3) is 9.24. The maximum absolute atomic E-state index is 12.7. The number of nitrogens with zero attached hydrogens (tertiary/aromatic N) is 7. The molecule has 0 radical (unpaired) electrons. The van der Waals surface area contributed by atoms with E-state index in [4.69, 9.17) is 29.6 Å². The van der Waals surface area contributed by atoms with Crippen LogP contribution in [-0.2, 0) is 22.7 Å². The summed E-state index contributed by atoms with van der Waals surface area (Å²) in [5.41, 5.74) is 18.6. The first-order valence-corrected chi connectivity index (χ1v) is 18.2. The van der Waals surface area contributed by atoms with Crippen molar-refractivity contribution >= 4 is 12.2 Å². The number of nitrogens with two attached hydrogens (primary N) is 1. The quantitative estimate of drug-likeness (QED) is 0.0855. The molecule has 2 N–H and O–H groups in total. The first-order valence-electron chi connectivity index (χ1n) is 18.2. The minimum Gasteiger partial charge on any atom is -0.445 e. The van der Waals surface area contributed by atoms with Gasteiger partial charge in [0.1, 0.15) is 25.3 Å². The molecule has 2 fully saturated rings. The highest BCUT2D eigenvalue weighted by molar-refractivity contribution is 5.69. The maximum Gasteiger partial charge on any atom is 0.410 e. The Hall–Kier alpha value is -6.89. The molecule has 2 aliphatic rings. The summed E-state index contributed by atoms with van der Waals surface area (Å²) in [6, 6.07) is 37.1. The fraction of sp³-hybridized carbons (Fsp3) is 0.238. The molecule has 2 aliphatic heterocycles. The number of hydrogen-bond donors (Lipinski definition) is 1. The second kappa shape index (κ2) is 18.0. The fourth-order valence-electron chi connectivity index (χ4n) is 6.67. The van der Waals surface area contributed by atoms with Crippen molar-refractivity contribution in [2.24, 2.45) is 10.8 Å². The van der Waals surface area contributed by atoms with Crippen LogP contribution in [0.2, 0.25) is 0 Å². The summed E-state index contributed by atoms with van der Waals surface area (Å²) in [7, 11) is 0. The van der Waals surface area contributed by atoms with Crippen molar-refractivity contribution in [1.82, 2.24) is 19.8 Å². The molecule has 2 amide bonds. The largest absolute Gasteiger partial charge is 0.445 e. The Labute approximate surface area is 323 Å². The third-order valence-corrected chi connectivity index (χ3v) is 9.44. The minimum atomic E-state index is -0.492. The van der Waals surface area contributed by atoms with Gasteiger partial charge in [-0.25, -0.2) is 19.6 Å². The van der Waals surface area contributed by atoms with E-state index in [1.165, 1.54) is 4.90 Å². The van der Waals surface area contributed by atoms with Gasteiger partial charge < -0.3 is 24.0 Å². The SMILES string of the molecule is N[C@H]1C[C@@H](c2ncc(-c3ccccc3)o2)N(C(=O)OCc2ccccc2)C1.[N-]=[N+]=N[C@H]1C[C@@H](c2ncc(-c3ccccc3)o2)N(C(=O)OCc2ccccc2)C1. The fourth-order valence-corrected chi connectivity index (χ4v) is 6.67. The van der Waals surface area contributed by atoms with Crippen LogP contribution in [0, 0.1) is 0 Å². The summed E-state index contributed by atoms with van der Waals surface area (Å²) in [5.74, 6) is 2.17. The van der Waals surface area contributed by atoms with Crippen molar-refractivity contribution in [3.63, 3.8) is 0 Å². The van der Waals surface area contributed by atoms with E-state index in [-0.39, 0.29) is 37.9 Å². The average Bonchev–Trinajstić information content (AvgIpc) is 4.08. The first kappa shape index (κ1) is 37.4. The van der Waals surface area contributed by atoms with Crippen LogP contribution >= 0.6 is 0 Å². The Kier molecular flexibility index (Phi) is 12.0.